The molecule has 1 heterocycles. The molecule has 0 amide bonds. The predicted molar refractivity (Wildman–Crippen MR) is 146 cm³/mol. The summed E-state index contributed by atoms with van der Waals surface area (Å²) in [6, 6.07) is 22.4. The Morgan fingerprint density at radius 2 is 1.67 bits per heavy atom. The number of carboxylic acids is 1. The lowest BCUT2D eigenvalue weighted by atomic mass is 9.87. The molecule has 184 valence electrons. The molecule has 0 aliphatic heterocycles. The largest absolute Gasteiger partial charge is 0.477 e. The van der Waals surface area contributed by atoms with Crippen LogP contribution in [-0.4, -0.2) is 42.7 Å². The number of rotatable bonds is 7. The summed E-state index contributed by atoms with van der Waals surface area (Å²) in [5, 5.41) is 14.5. The molecule has 1 atom stereocenters. The molecule has 0 bridgehead atoms. The van der Waals surface area contributed by atoms with Gasteiger partial charge in [0.05, 0.1) is 43.1 Å². The Balaban J connectivity index is 1.35. The first-order chi connectivity index (χ1) is 17.4. The summed E-state index contributed by atoms with van der Waals surface area (Å²) >= 11 is 12.6. The average Bonchev–Trinajstić information content (AvgIpc) is 3.00. The first-order valence-corrected chi connectivity index (χ1v) is 12.9. The number of quaternary nitrogens is 1. The van der Waals surface area contributed by atoms with E-state index in [1.807, 2.05) is 0 Å². The third-order valence-corrected chi connectivity index (χ3v) is 7.51. The van der Waals surface area contributed by atoms with Crippen LogP contribution in [0.1, 0.15) is 38.7 Å². The smallest absolute Gasteiger partial charge is 0.354 e. The van der Waals surface area contributed by atoms with E-state index >= 15 is 0 Å². The molecule has 0 spiro atoms. The van der Waals surface area contributed by atoms with Gasteiger partial charge in [-0.2, -0.15) is 0 Å². The monoisotopic (exact) mass is 520 g/mol. The molecule has 5 nitrogen and oxygen atoms in total. The Hall–Kier alpha value is -3.12. The summed E-state index contributed by atoms with van der Waals surface area (Å²) in [4.78, 5) is 17.2. The van der Waals surface area contributed by atoms with Crippen molar-refractivity contribution in [3.05, 3.63) is 105 Å². The van der Waals surface area contributed by atoms with E-state index in [0.29, 0.717) is 39.1 Å². The summed E-state index contributed by atoms with van der Waals surface area (Å²) in [6.07, 6.45) is 2.13. The van der Waals surface area contributed by atoms with Crippen LogP contribution in [0, 0.1) is 0 Å². The standard InChI is InChI=1S/C29H27Cl2N3O2/c1-34(17-23-21-8-4-2-6-18(21)10-11-19-7-3-5-9-22(19)23)13-12-32-25-16-27(29(35)36)33-26-15-20(30)14-24(31)28(25)26/h2-9,14-16,23H,10-13,17H2,1H3,(H,32,33)(H,35,36)/p+1. The number of nitrogens with zero attached hydrogens (tertiary/aromatic N) is 1. The zero-order chi connectivity index (χ0) is 25.2. The van der Waals surface area contributed by atoms with Crippen LogP contribution in [0.2, 0.25) is 10.0 Å². The van der Waals surface area contributed by atoms with Gasteiger partial charge in [-0.1, -0.05) is 71.7 Å². The lowest BCUT2D eigenvalue weighted by Crippen LogP contribution is -3.10. The van der Waals surface area contributed by atoms with E-state index in [1.165, 1.54) is 33.2 Å². The number of nitrogens with one attached hydrogen (secondary N) is 2. The van der Waals surface area contributed by atoms with Gasteiger partial charge in [0.15, 0.2) is 5.69 Å². The van der Waals surface area contributed by atoms with Crippen LogP contribution in [0.3, 0.4) is 0 Å². The fourth-order valence-corrected chi connectivity index (χ4v) is 5.84. The van der Waals surface area contributed by atoms with Crippen LogP contribution < -0.4 is 10.2 Å². The van der Waals surface area contributed by atoms with Gasteiger partial charge in [0.25, 0.3) is 0 Å². The molecule has 0 saturated carbocycles. The highest BCUT2D eigenvalue weighted by Gasteiger charge is 2.26. The van der Waals surface area contributed by atoms with Crippen molar-refractivity contribution in [3.63, 3.8) is 0 Å². The topological polar surface area (TPSA) is 66.7 Å². The molecule has 1 aromatic heterocycles. The van der Waals surface area contributed by atoms with Gasteiger partial charge in [0.2, 0.25) is 0 Å². The number of aromatic nitrogens is 1. The minimum Gasteiger partial charge on any atom is -0.477 e. The molecule has 1 aliphatic carbocycles. The van der Waals surface area contributed by atoms with E-state index < -0.39 is 5.97 Å². The third kappa shape index (κ3) is 5.05. The number of carboxylic acid groups (broad SMARTS) is 1. The number of aryl methyl sites for hydroxylation is 2. The van der Waals surface area contributed by atoms with Gasteiger partial charge >= 0.3 is 5.97 Å². The number of halogens is 2. The molecule has 1 aliphatic rings. The van der Waals surface area contributed by atoms with Crippen LogP contribution in [0.25, 0.3) is 10.9 Å². The molecule has 5 rings (SSSR count). The molecule has 0 saturated heterocycles. The fraction of sp³-hybridized carbons (Fsp3) is 0.241. The Labute approximate surface area is 220 Å². The minimum absolute atomic E-state index is 0.0456. The second kappa shape index (κ2) is 10.5. The fourth-order valence-electron chi connectivity index (χ4n) is 5.26. The number of aromatic carboxylic acids is 1. The molecule has 3 aromatic carbocycles. The van der Waals surface area contributed by atoms with Crippen LogP contribution >= 0.6 is 23.2 Å². The maximum Gasteiger partial charge on any atom is 0.354 e. The quantitative estimate of drug-likeness (QED) is 0.317. The van der Waals surface area contributed by atoms with Crippen molar-refractivity contribution in [3.8, 4) is 0 Å². The van der Waals surface area contributed by atoms with E-state index in [0.717, 1.165) is 25.9 Å². The van der Waals surface area contributed by atoms with Crippen molar-refractivity contribution < 1.29 is 14.8 Å². The highest BCUT2D eigenvalue weighted by molar-refractivity contribution is 6.39. The Morgan fingerprint density at radius 3 is 2.31 bits per heavy atom. The highest BCUT2D eigenvalue weighted by Crippen LogP contribution is 2.34. The van der Waals surface area contributed by atoms with Crippen molar-refractivity contribution in [2.45, 2.75) is 18.8 Å². The van der Waals surface area contributed by atoms with Crippen molar-refractivity contribution >= 4 is 45.8 Å². The second-order valence-corrected chi connectivity index (χ2v) is 10.3. The average molecular weight is 521 g/mol. The van der Waals surface area contributed by atoms with Crippen molar-refractivity contribution in [1.82, 2.24) is 4.98 Å². The number of fused-ring (bicyclic) bond motifs is 3. The zero-order valence-corrected chi connectivity index (χ0v) is 21.5. The summed E-state index contributed by atoms with van der Waals surface area (Å²) in [6.45, 7) is 2.46. The molecular formula is C29H28Cl2N3O2+. The van der Waals surface area contributed by atoms with Crippen LogP contribution in [0.5, 0.6) is 0 Å². The second-order valence-electron chi connectivity index (χ2n) is 9.43. The van der Waals surface area contributed by atoms with Crippen molar-refractivity contribution in [2.75, 3.05) is 32.0 Å². The van der Waals surface area contributed by atoms with Gasteiger partial charge in [0, 0.05) is 16.1 Å². The highest BCUT2D eigenvalue weighted by atomic mass is 35.5. The third-order valence-electron chi connectivity index (χ3n) is 6.99. The Bertz CT molecular complexity index is 1390. The van der Waals surface area contributed by atoms with Gasteiger partial charge in [-0.25, -0.2) is 9.78 Å². The van der Waals surface area contributed by atoms with E-state index in [1.54, 1.807) is 12.1 Å². The number of likely N-dealkylation sites (N-methyl/N-ethyl adjacent to an activating group) is 1. The molecule has 0 radical (unpaired) electrons. The maximum absolute atomic E-state index is 11.6. The number of hydrogen-bond donors (Lipinski definition) is 3. The van der Waals surface area contributed by atoms with Crippen LogP contribution in [-0.2, 0) is 12.8 Å². The maximum atomic E-state index is 11.6. The molecule has 7 heteroatoms. The lowest BCUT2D eigenvalue weighted by Gasteiger charge is -2.24. The molecule has 3 N–H and O–H groups in total. The van der Waals surface area contributed by atoms with Crippen molar-refractivity contribution in [2.24, 2.45) is 0 Å². The number of benzene rings is 3. The summed E-state index contributed by atoms with van der Waals surface area (Å²) in [7, 11) is 2.21. The normalized spacial score (nSPS) is 14.1. The number of hydrogen-bond acceptors (Lipinski definition) is 3. The Morgan fingerprint density at radius 1 is 1.03 bits per heavy atom. The van der Waals surface area contributed by atoms with E-state index in [4.69, 9.17) is 23.2 Å². The summed E-state index contributed by atoms with van der Waals surface area (Å²) < 4.78 is 0. The van der Waals surface area contributed by atoms with Gasteiger partial charge in [0.1, 0.15) is 0 Å². The Kier molecular flexibility index (Phi) is 7.15. The predicted octanol–water partition coefficient (Wildman–Crippen LogP) is 5.10. The minimum atomic E-state index is -1.09. The van der Waals surface area contributed by atoms with E-state index in [-0.39, 0.29) is 5.69 Å². The molecule has 1 unspecified atom stereocenters. The number of anilines is 1. The SMILES string of the molecule is C[NH+](CCNc1cc(C(=O)O)nc2cc(Cl)cc(Cl)c12)CC1c2ccccc2CCc2ccccc21. The van der Waals surface area contributed by atoms with Crippen LogP contribution in [0.4, 0.5) is 5.69 Å². The lowest BCUT2D eigenvalue weighted by molar-refractivity contribution is -0.878. The zero-order valence-electron chi connectivity index (χ0n) is 20.0. The molecular weight excluding hydrogens is 493 g/mol. The van der Waals surface area contributed by atoms with E-state index in [2.05, 4.69) is 65.9 Å². The number of carbonyl (C=O) groups is 1. The van der Waals surface area contributed by atoms with Crippen LogP contribution in [0.15, 0.2) is 66.7 Å². The summed E-state index contributed by atoms with van der Waals surface area (Å²) in [5.74, 6) is -0.763. The summed E-state index contributed by atoms with van der Waals surface area (Å²) in [5.41, 5.74) is 6.77. The molecule has 4 aromatic rings. The van der Waals surface area contributed by atoms with Gasteiger partial charge in [-0.15, -0.1) is 0 Å². The molecule has 0 fully saturated rings. The van der Waals surface area contributed by atoms with Gasteiger partial charge < -0.3 is 15.3 Å². The van der Waals surface area contributed by atoms with Gasteiger partial charge in [-0.05, 0) is 53.3 Å². The van der Waals surface area contributed by atoms with Crippen molar-refractivity contribution in [1.29, 1.82) is 0 Å². The first kappa shape index (κ1) is 24.6. The number of pyridine rings is 1. The van der Waals surface area contributed by atoms with Gasteiger partial charge in [-0.3, -0.25) is 0 Å². The van der Waals surface area contributed by atoms with E-state index in [9.17, 15) is 9.90 Å². The molecule has 36 heavy (non-hydrogen) atoms. The first-order valence-electron chi connectivity index (χ1n) is 12.1.